The van der Waals surface area contributed by atoms with Gasteiger partial charge in [0.1, 0.15) is 23.0 Å². The van der Waals surface area contributed by atoms with Crippen LogP contribution in [0.3, 0.4) is 0 Å². The Bertz CT molecular complexity index is 838. The first-order chi connectivity index (χ1) is 12.6. The Morgan fingerprint density at radius 3 is 1.15 bits per heavy atom. The number of rotatable bonds is 1. The molecule has 0 heterocycles. The van der Waals surface area contributed by atoms with Crippen LogP contribution in [-0.4, -0.2) is 35.1 Å². The molecule has 8 nitrogen and oxygen atoms in total. The highest BCUT2D eigenvalue weighted by Gasteiger charge is 2.06. The van der Waals surface area contributed by atoms with E-state index in [2.05, 4.69) is 0 Å². The van der Waals surface area contributed by atoms with Gasteiger partial charge in [0.05, 0.1) is 0 Å². The van der Waals surface area contributed by atoms with Crippen molar-refractivity contribution < 1.29 is 39.7 Å². The van der Waals surface area contributed by atoms with Crippen LogP contribution in [0.15, 0.2) is 72.8 Å². The molecule has 7 N–H and O–H groups in total. The van der Waals surface area contributed by atoms with Crippen LogP contribution in [0.4, 0.5) is 0 Å². The molecule has 0 fully saturated rings. The Kier molecular flexibility index (Phi) is 8.32. The maximum absolute atomic E-state index is 9.58. The molecule has 0 unspecified atom stereocenters. The van der Waals surface area contributed by atoms with Crippen LogP contribution < -0.4 is 0 Å². The molecule has 144 valence electrons. The van der Waals surface area contributed by atoms with E-state index in [9.17, 15) is 10.2 Å². The molecular formula is C18H19O8P. The topological polar surface area (TPSA) is 159 Å². The van der Waals surface area contributed by atoms with Gasteiger partial charge in [0.2, 0.25) is 0 Å². The van der Waals surface area contributed by atoms with Crippen molar-refractivity contribution in [1.29, 1.82) is 0 Å². The summed E-state index contributed by atoms with van der Waals surface area (Å²) in [6, 6.07) is 19.7. The molecule has 3 rings (SSSR count). The third kappa shape index (κ3) is 9.29. The van der Waals surface area contributed by atoms with E-state index < -0.39 is 7.82 Å². The summed E-state index contributed by atoms with van der Waals surface area (Å²) in [7, 11) is -4.64. The Hall–Kier alpha value is -3.03. The van der Waals surface area contributed by atoms with Crippen LogP contribution in [0, 0.1) is 0 Å². The van der Waals surface area contributed by atoms with E-state index in [0.717, 1.165) is 0 Å². The molecule has 0 radical (unpaired) electrons. The average Bonchev–Trinajstić information content (AvgIpc) is 2.55. The molecule has 0 amide bonds. The number of phenolic OH excluding ortho intramolecular Hbond substituents is 4. The minimum Gasteiger partial charge on any atom is -0.508 e. The molecule has 0 aliphatic heterocycles. The van der Waals surface area contributed by atoms with Gasteiger partial charge in [-0.2, -0.15) is 0 Å². The molecule has 0 spiro atoms. The predicted molar refractivity (Wildman–Crippen MR) is 99.2 cm³/mol. The Morgan fingerprint density at radius 1 is 0.556 bits per heavy atom. The first-order valence-corrected chi connectivity index (χ1v) is 8.97. The van der Waals surface area contributed by atoms with Crippen molar-refractivity contribution in [1.82, 2.24) is 0 Å². The van der Waals surface area contributed by atoms with E-state index in [-0.39, 0.29) is 23.0 Å². The van der Waals surface area contributed by atoms with Gasteiger partial charge >= 0.3 is 7.82 Å². The second-order valence-corrected chi connectivity index (χ2v) is 6.09. The van der Waals surface area contributed by atoms with E-state index in [1.165, 1.54) is 18.2 Å². The first kappa shape index (κ1) is 22.0. The fourth-order valence-electron chi connectivity index (χ4n) is 1.90. The highest BCUT2D eigenvalue weighted by Crippen LogP contribution is 2.34. The van der Waals surface area contributed by atoms with Gasteiger partial charge in [0, 0.05) is 17.2 Å². The number of hydrogen-bond donors (Lipinski definition) is 7. The SMILES string of the molecule is O=P(O)(O)O.Oc1cccc(O)c1.Oc1ccccc1-c1ccccc1O. The Morgan fingerprint density at radius 2 is 0.889 bits per heavy atom. The van der Waals surface area contributed by atoms with Crippen molar-refractivity contribution in [2.24, 2.45) is 0 Å². The molecule has 3 aromatic rings. The fourth-order valence-corrected chi connectivity index (χ4v) is 1.90. The normalized spacial score (nSPS) is 10.0. The number of aromatic hydroxyl groups is 4. The molecule has 0 saturated heterocycles. The van der Waals surface area contributed by atoms with Gasteiger partial charge in [0.25, 0.3) is 0 Å². The number of phenols is 4. The first-order valence-electron chi connectivity index (χ1n) is 7.40. The molecule has 0 saturated carbocycles. The number of para-hydroxylation sites is 2. The molecule has 9 heteroatoms. The molecule has 0 atom stereocenters. The van der Waals surface area contributed by atoms with Gasteiger partial charge in [-0.05, 0) is 24.3 Å². The van der Waals surface area contributed by atoms with Crippen LogP contribution in [0.1, 0.15) is 0 Å². The largest absolute Gasteiger partial charge is 0.508 e. The Labute approximate surface area is 155 Å². The van der Waals surface area contributed by atoms with E-state index in [1.807, 2.05) is 12.1 Å². The third-order valence-electron chi connectivity index (χ3n) is 2.93. The van der Waals surface area contributed by atoms with Gasteiger partial charge in [0.15, 0.2) is 0 Å². The van der Waals surface area contributed by atoms with Crippen LogP contribution in [0.5, 0.6) is 23.0 Å². The van der Waals surface area contributed by atoms with Crippen molar-refractivity contribution in [3.8, 4) is 34.1 Å². The zero-order valence-electron chi connectivity index (χ0n) is 13.9. The summed E-state index contributed by atoms with van der Waals surface area (Å²) in [5.41, 5.74) is 1.29. The summed E-state index contributed by atoms with van der Waals surface area (Å²) < 4.78 is 8.88. The summed E-state index contributed by atoms with van der Waals surface area (Å²) in [4.78, 5) is 21.6. The summed E-state index contributed by atoms with van der Waals surface area (Å²) in [5, 5.41) is 36.5. The number of phosphoric acid groups is 1. The lowest BCUT2D eigenvalue weighted by Gasteiger charge is -2.05. The van der Waals surface area contributed by atoms with Crippen molar-refractivity contribution in [3.05, 3.63) is 72.8 Å². The summed E-state index contributed by atoms with van der Waals surface area (Å²) in [6.07, 6.45) is 0. The maximum Gasteiger partial charge on any atom is 0.466 e. The average molecular weight is 394 g/mol. The molecule has 0 aliphatic carbocycles. The van der Waals surface area contributed by atoms with E-state index in [1.54, 1.807) is 42.5 Å². The standard InChI is InChI=1S/C12H10O2.C6H6O2.H3O4P/c13-11-7-3-1-5-9(11)10-6-2-4-8-12(10)14;7-5-2-1-3-6(8)4-5;1-5(2,3)4/h1-8,13-14H;1-4,7-8H;(H3,1,2,3,4). The monoisotopic (exact) mass is 394 g/mol. The van der Waals surface area contributed by atoms with E-state index in [4.69, 9.17) is 29.5 Å². The summed E-state index contributed by atoms with van der Waals surface area (Å²) in [5.74, 6) is 0.526. The smallest absolute Gasteiger partial charge is 0.466 e. The zero-order chi connectivity index (χ0) is 20.4. The number of benzene rings is 3. The highest BCUT2D eigenvalue weighted by molar-refractivity contribution is 7.45. The molecule has 27 heavy (non-hydrogen) atoms. The molecule has 0 bridgehead atoms. The summed E-state index contributed by atoms with van der Waals surface area (Å²) >= 11 is 0. The number of hydrogen-bond acceptors (Lipinski definition) is 5. The minimum atomic E-state index is -4.64. The van der Waals surface area contributed by atoms with E-state index in [0.29, 0.717) is 11.1 Å². The van der Waals surface area contributed by atoms with Crippen molar-refractivity contribution in [2.45, 2.75) is 0 Å². The lowest BCUT2D eigenvalue weighted by Crippen LogP contribution is -1.79. The quantitative estimate of drug-likeness (QED) is 0.310. The zero-order valence-corrected chi connectivity index (χ0v) is 14.8. The molecule has 3 aromatic carbocycles. The van der Waals surface area contributed by atoms with Gasteiger partial charge in [-0.15, -0.1) is 0 Å². The second-order valence-electron chi connectivity index (χ2n) is 5.07. The van der Waals surface area contributed by atoms with Gasteiger partial charge in [-0.1, -0.05) is 42.5 Å². The van der Waals surface area contributed by atoms with Crippen LogP contribution in [0.2, 0.25) is 0 Å². The lowest BCUT2D eigenvalue weighted by atomic mass is 10.0. The van der Waals surface area contributed by atoms with Gasteiger partial charge in [-0.3, -0.25) is 0 Å². The second kappa shape index (κ2) is 10.2. The van der Waals surface area contributed by atoms with Crippen LogP contribution in [-0.2, 0) is 4.57 Å². The molecule has 0 aromatic heterocycles. The summed E-state index contributed by atoms with van der Waals surface area (Å²) in [6.45, 7) is 0. The fraction of sp³-hybridized carbons (Fsp3) is 0. The third-order valence-corrected chi connectivity index (χ3v) is 2.93. The molecular weight excluding hydrogens is 375 g/mol. The van der Waals surface area contributed by atoms with Crippen LogP contribution >= 0.6 is 7.82 Å². The predicted octanol–water partition coefficient (Wildman–Crippen LogP) is 2.93. The molecule has 0 aliphatic rings. The van der Waals surface area contributed by atoms with Crippen molar-refractivity contribution >= 4 is 7.82 Å². The Balaban J connectivity index is 0.000000237. The maximum atomic E-state index is 9.58. The van der Waals surface area contributed by atoms with Gasteiger partial charge < -0.3 is 35.1 Å². The van der Waals surface area contributed by atoms with Crippen molar-refractivity contribution in [3.63, 3.8) is 0 Å². The van der Waals surface area contributed by atoms with Crippen LogP contribution in [0.25, 0.3) is 11.1 Å². The highest BCUT2D eigenvalue weighted by atomic mass is 31.2. The van der Waals surface area contributed by atoms with Gasteiger partial charge in [-0.25, -0.2) is 4.57 Å². The minimum absolute atomic E-state index is 0.0880. The lowest BCUT2D eigenvalue weighted by molar-refractivity contribution is 0.275. The van der Waals surface area contributed by atoms with Crippen molar-refractivity contribution in [2.75, 3.05) is 0 Å². The van der Waals surface area contributed by atoms with E-state index >= 15 is 0 Å².